The Morgan fingerprint density at radius 3 is 2.53 bits per heavy atom. The maximum atomic E-state index is 12.3. The Morgan fingerprint density at radius 2 is 1.88 bits per heavy atom. The minimum atomic E-state index is -0.615. The minimum Gasteiger partial charge on any atom is -0.486 e. The number of carbonyl (C=O) groups is 1. The van der Waals surface area contributed by atoms with Crippen LogP contribution < -0.4 is 10.2 Å². The van der Waals surface area contributed by atoms with Crippen LogP contribution in [0.5, 0.6) is 5.75 Å². The fourth-order valence-corrected chi connectivity index (χ4v) is 4.00. The third-order valence-electron chi connectivity index (χ3n) is 5.69. The average molecular weight is 483 g/mol. The Kier molecular flexibility index (Phi) is 8.15. The molecule has 180 valence electrons. The van der Waals surface area contributed by atoms with Crippen molar-refractivity contribution in [1.29, 1.82) is 0 Å². The van der Waals surface area contributed by atoms with Gasteiger partial charge in [-0.1, -0.05) is 62.7 Å². The van der Waals surface area contributed by atoms with E-state index in [1.165, 1.54) is 6.07 Å². The van der Waals surface area contributed by atoms with Gasteiger partial charge in [0.2, 0.25) is 0 Å². The lowest BCUT2D eigenvalue weighted by Crippen LogP contribution is -2.29. The lowest BCUT2D eigenvalue weighted by atomic mass is 9.82. The number of aryl methyl sites for hydroxylation is 1. The molecular formula is C27H31ClN2O4. The lowest BCUT2D eigenvalue weighted by Gasteiger charge is -2.33. The zero-order chi connectivity index (χ0) is 24.9. The molecule has 0 radical (unpaired) electrons. The van der Waals surface area contributed by atoms with E-state index in [0.29, 0.717) is 23.9 Å². The molecule has 0 saturated heterocycles. The van der Waals surface area contributed by atoms with Crippen LogP contribution in [0.3, 0.4) is 0 Å². The molecule has 2 heterocycles. The zero-order valence-electron chi connectivity index (χ0n) is 20.3. The molecule has 1 unspecified atom stereocenters. The van der Waals surface area contributed by atoms with Gasteiger partial charge in [-0.2, -0.15) is 0 Å². The molecule has 1 aromatic carbocycles. The summed E-state index contributed by atoms with van der Waals surface area (Å²) < 4.78 is 13.0. The number of carbonyl (C=O) groups excluding carboxylic acids is 1. The van der Waals surface area contributed by atoms with Gasteiger partial charge in [0.05, 0.1) is 6.61 Å². The Labute approximate surface area is 205 Å². The molecule has 7 heteroatoms. The number of aromatic nitrogens is 2. The number of nitrogens with zero attached hydrogens (tertiary/aromatic N) is 2. The van der Waals surface area contributed by atoms with E-state index < -0.39 is 5.97 Å². The van der Waals surface area contributed by atoms with Crippen molar-refractivity contribution in [2.24, 2.45) is 5.41 Å². The molecule has 0 fully saturated rings. The van der Waals surface area contributed by atoms with Crippen molar-refractivity contribution in [3.05, 3.63) is 92.6 Å². The summed E-state index contributed by atoms with van der Waals surface area (Å²) in [6.45, 7) is 10.6. The number of halogens is 1. The summed E-state index contributed by atoms with van der Waals surface area (Å²) in [5, 5.41) is 0.317. The first-order valence-corrected chi connectivity index (χ1v) is 11.7. The first-order valence-electron chi connectivity index (χ1n) is 11.3. The predicted molar refractivity (Wildman–Crippen MR) is 134 cm³/mol. The van der Waals surface area contributed by atoms with E-state index in [0.717, 1.165) is 16.8 Å². The van der Waals surface area contributed by atoms with Gasteiger partial charge in [0.15, 0.2) is 16.3 Å². The van der Waals surface area contributed by atoms with E-state index in [-0.39, 0.29) is 29.1 Å². The quantitative estimate of drug-likeness (QED) is 0.300. The SMILES string of the molecule is CCOC(=O)c1cn(C(Cc2cc(OCc3ccccc3)c(Cl)nc2C)C(C)(C)C)ccc1=O. The normalized spacial score (nSPS) is 12.3. The molecule has 0 bridgehead atoms. The number of hydrogen-bond donors (Lipinski definition) is 0. The van der Waals surface area contributed by atoms with Crippen LogP contribution in [0.4, 0.5) is 0 Å². The molecule has 34 heavy (non-hydrogen) atoms. The summed E-state index contributed by atoms with van der Waals surface area (Å²) in [4.78, 5) is 29.1. The molecule has 3 rings (SSSR count). The van der Waals surface area contributed by atoms with E-state index in [4.69, 9.17) is 21.1 Å². The maximum Gasteiger partial charge on any atom is 0.343 e. The van der Waals surface area contributed by atoms with E-state index >= 15 is 0 Å². The van der Waals surface area contributed by atoms with Crippen LogP contribution in [0.25, 0.3) is 0 Å². The van der Waals surface area contributed by atoms with E-state index in [2.05, 4.69) is 25.8 Å². The number of hydrogen-bond acceptors (Lipinski definition) is 5. The fraction of sp³-hybridized carbons (Fsp3) is 0.370. The van der Waals surface area contributed by atoms with Gasteiger partial charge in [-0.05, 0) is 42.9 Å². The third-order valence-corrected chi connectivity index (χ3v) is 5.96. The van der Waals surface area contributed by atoms with E-state index in [9.17, 15) is 9.59 Å². The average Bonchev–Trinajstić information content (AvgIpc) is 2.78. The highest BCUT2D eigenvalue weighted by Gasteiger charge is 2.28. The molecule has 0 aliphatic heterocycles. The van der Waals surface area contributed by atoms with Crippen LogP contribution in [0.15, 0.2) is 59.7 Å². The van der Waals surface area contributed by atoms with Gasteiger partial charge in [0.25, 0.3) is 0 Å². The molecule has 0 amide bonds. The Morgan fingerprint density at radius 1 is 1.18 bits per heavy atom. The smallest absolute Gasteiger partial charge is 0.343 e. The van der Waals surface area contributed by atoms with Crippen molar-refractivity contribution in [2.45, 2.75) is 53.7 Å². The molecule has 6 nitrogen and oxygen atoms in total. The highest BCUT2D eigenvalue weighted by molar-refractivity contribution is 6.30. The first kappa shape index (κ1) is 25.5. The Balaban J connectivity index is 1.93. The Hall–Kier alpha value is -3.12. The predicted octanol–water partition coefficient (Wildman–Crippen LogP) is 5.79. The van der Waals surface area contributed by atoms with Crippen molar-refractivity contribution in [2.75, 3.05) is 6.61 Å². The van der Waals surface area contributed by atoms with Crippen LogP contribution in [0, 0.1) is 12.3 Å². The van der Waals surface area contributed by atoms with Gasteiger partial charge >= 0.3 is 5.97 Å². The summed E-state index contributed by atoms with van der Waals surface area (Å²) in [6, 6.07) is 13.1. The molecule has 3 aromatic rings. The lowest BCUT2D eigenvalue weighted by molar-refractivity contribution is 0.0523. The van der Waals surface area contributed by atoms with Crippen LogP contribution in [0.1, 0.15) is 60.9 Å². The third kappa shape index (κ3) is 6.26. The van der Waals surface area contributed by atoms with Crippen molar-refractivity contribution in [1.82, 2.24) is 9.55 Å². The van der Waals surface area contributed by atoms with Gasteiger partial charge in [-0.25, -0.2) is 9.78 Å². The second-order valence-electron chi connectivity index (χ2n) is 9.27. The largest absolute Gasteiger partial charge is 0.486 e. The number of esters is 1. The van der Waals surface area contributed by atoms with Gasteiger partial charge in [-0.15, -0.1) is 0 Å². The number of pyridine rings is 2. The molecule has 0 aliphatic carbocycles. The molecular weight excluding hydrogens is 452 g/mol. The van der Waals surface area contributed by atoms with Crippen molar-refractivity contribution in [3.8, 4) is 5.75 Å². The molecule has 2 aromatic heterocycles. The Bertz CT molecular complexity index is 1200. The monoisotopic (exact) mass is 482 g/mol. The highest BCUT2D eigenvalue weighted by atomic mass is 35.5. The van der Waals surface area contributed by atoms with Crippen LogP contribution in [0.2, 0.25) is 5.15 Å². The van der Waals surface area contributed by atoms with Gasteiger partial charge in [-0.3, -0.25) is 4.79 Å². The summed E-state index contributed by atoms with van der Waals surface area (Å²) in [7, 11) is 0. The van der Waals surface area contributed by atoms with Crippen LogP contribution in [-0.2, 0) is 17.8 Å². The van der Waals surface area contributed by atoms with Gasteiger partial charge < -0.3 is 14.0 Å². The van der Waals surface area contributed by atoms with Crippen molar-refractivity contribution in [3.63, 3.8) is 0 Å². The van der Waals surface area contributed by atoms with Crippen molar-refractivity contribution >= 4 is 17.6 Å². The maximum absolute atomic E-state index is 12.3. The van der Waals surface area contributed by atoms with E-state index in [1.807, 2.05) is 47.9 Å². The number of rotatable bonds is 8. The summed E-state index contributed by atoms with van der Waals surface area (Å²) >= 11 is 6.39. The fourth-order valence-electron chi connectivity index (χ4n) is 3.76. The number of benzene rings is 1. The van der Waals surface area contributed by atoms with Crippen LogP contribution >= 0.6 is 11.6 Å². The minimum absolute atomic E-state index is 0.0245. The second kappa shape index (κ2) is 10.9. The van der Waals surface area contributed by atoms with E-state index in [1.54, 1.807) is 19.3 Å². The summed E-state index contributed by atoms with van der Waals surface area (Å²) in [5.41, 5.74) is 2.28. The molecule has 0 saturated carbocycles. The first-order chi connectivity index (χ1) is 16.1. The standard InChI is InChI=1S/C27H31ClN2O4/c1-6-33-26(32)21-16-30(13-12-22(21)31)24(27(3,4)5)15-20-14-23(25(28)29-18(20)2)34-17-19-10-8-7-9-11-19/h7-14,16,24H,6,15,17H2,1-5H3. The summed E-state index contributed by atoms with van der Waals surface area (Å²) in [5.74, 6) is -0.0960. The van der Waals surface area contributed by atoms with Gasteiger partial charge in [0.1, 0.15) is 12.2 Å². The summed E-state index contributed by atoms with van der Waals surface area (Å²) in [6.07, 6.45) is 3.90. The molecule has 0 spiro atoms. The second-order valence-corrected chi connectivity index (χ2v) is 9.63. The topological polar surface area (TPSA) is 70.4 Å². The molecule has 1 atom stereocenters. The van der Waals surface area contributed by atoms with Crippen LogP contribution in [-0.4, -0.2) is 22.1 Å². The highest BCUT2D eigenvalue weighted by Crippen LogP contribution is 2.36. The van der Waals surface area contributed by atoms with Crippen molar-refractivity contribution < 1.29 is 14.3 Å². The molecule has 0 N–H and O–H groups in total. The van der Waals surface area contributed by atoms with Gasteiger partial charge in [0, 0.05) is 30.2 Å². The number of ether oxygens (including phenoxy) is 2. The zero-order valence-corrected chi connectivity index (χ0v) is 21.1. The molecule has 0 aliphatic rings.